The third-order valence-electron chi connectivity index (χ3n) is 3.05. The summed E-state index contributed by atoms with van der Waals surface area (Å²) in [5.41, 5.74) is 0.921. The van der Waals surface area contributed by atoms with Gasteiger partial charge in [-0.2, -0.15) is 0 Å². The minimum atomic E-state index is -0.0669. The van der Waals surface area contributed by atoms with Crippen LogP contribution >= 0.6 is 11.3 Å². The van der Waals surface area contributed by atoms with Crippen LogP contribution in [0.4, 0.5) is 9.80 Å². The zero-order valence-corrected chi connectivity index (χ0v) is 11.7. The first-order valence-corrected chi connectivity index (χ1v) is 7.29. The van der Waals surface area contributed by atoms with Crippen molar-refractivity contribution in [3.05, 3.63) is 36.5 Å². The zero-order valence-electron chi connectivity index (χ0n) is 10.9. The molecule has 3 heterocycles. The molecule has 1 saturated heterocycles. The topological polar surface area (TPSA) is 54.5 Å². The van der Waals surface area contributed by atoms with Crippen LogP contribution in [-0.2, 0) is 4.74 Å². The van der Waals surface area contributed by atoms with E-state index in [0.717, 1.165) is 15.6 Å². The summed E-state index contributed by atoms with van der Waals surface area (Å²) in [6.45, 7) is 2.50. The molecule has 1 aliphatic heterocycles. The second-order valence-electron chi connectivity index (χ2n) is 4.41. The van der Waals surface area contributed by atoms with Gasteiger partial charge < -0.3 is 9.64 Å². The molecule has 1 aliphatic rings. The van der Waals surface area contributed by atoms with Gasteiger partial charge in [-0.15, -0.1) is 11.3 Å². The standard InChI is InChI=1S/C14H15N3O2S/c18-14(17-7-9-19-10-8-17)16-13-5-4-12(20-13)11-3-1-2-6-15-11/h1-6H,7-10H2,(H,16,18). The third kappa shape index (κ3) is 2.97. The van der Waals surface area contributed by atoms with Crippen molar-refractivity contribution in [2.75, 3.05) is 31.6 Å². The lowest BCUT2D eigenvalue weighted by Gasteiger charge is -2.26. The molecule has 2 aromatic rings. The maximum Gasteiger partial charge on any atom is 0.322 e. The van der Waals surface area contributed by atoms with E-state index in [9.17, 15) is 4.79 Å². The van der Waals surface area contributed by atoms with Gasteiger partial charge in [0.05, 0.1) is 28.8 Å². The van der Waals surface area contributed by atoms with Gasteiger partial charge in [-0.3, -0.25) is 10.3 Å². The van der Waals surface area contributed by atoms with E-state index in [1.807, 2.05) is 30.3 Å². The number of urea groups is 1. The monoisotopic (exact) mass is 289 g/mol. The molecule has 3 rings (SSSR count). The quantitative estimate of drug-likeness (QED) is 0.924. The predicted octanol–water partition coefficient (Wildman–Crippen LogP) is 2.67. The number of amides is 2. The van der Waals surface area contributed by atoms with Gasteiger partial charge in [0.25, 0.3) is 0 Å². The summed E-state index contributed by atoms with van der Waals surface area (Å²) in [7, 11) is 0. The average Bonchev–Trinajstić information content (AvgIpc) is 2.97. The van der Waals surface area contributed by atoms with Crippen molar-refractivity contribution in [1.29, 1.82) is 0 Å². The van der Waals surface area contributed by atoms with E-state index in [1.165, 1.54) is 11.3 Å². The Labute approximate surface area is 121 Å². The molecular weight excluding hydrogens is 274 g/mol. The Morgan fingerprint density at radius 2 is 2.10 bits per heavy atom. The molecule has 20 heavy (non-hydrogen) atoms. The van der Waals surface area contributed by atoms with Crippen LogP contribution < -0.4 is 5.32 Å². The molecule has 0 saturated carbocycles. The second kappa shape index (κ2) is 6.02. The fraction of sp³-hybridized carbons (Fsp3) is 0.286. The molecule has 2 amide bonds. The van der Waals surface area contributed by atoms with E-state index in [4.69, 9.17) is 4.74 Å². The fourth-order valence-corrected chi connectivity index (χ4v) is 2.87. The van der Waals surface area contributed by atoms with E-state index >= 15 is 0 Å². The molecule has 5 nitrogen and oxygen atoms in total. The Hall–Kier alpha value is -1.92. The molecule has 0 unspecified atom stereocenters. The number of carbonyl (C=O) groups excluding carboxylic acids is 1. The van der Waals surface area contributed by atoms with Crippen LogP contribution in [0.1, 0.15) is 0 Å². The number of nitrogens with one attached hydrogen (secondary N) is 1. The summed E-state index contributed by atoms with van der Waals surface area (Å²) < 4.78 is 5.23. The number of hydrogen-bond donors (Lipinski definition) is 1. The minimum absolute atomic E-state index is 0.0669. The maximum absolute atomic E-state index is 12.1. The molecule has 0 aliphatic carbocycles. The Bertz CT molecular complexity index is 579. The van der Waals surface area contributed by atoms with E-state index in [-0.39, 0.29) is 6.03 Å². The highest BCUT2D eigenvalue weighted by Gasteiger charge is 2.17. The molecular formula is C14H15N3O2S. The predicted molar refractivity (Wildman–Crippen MR) is 79.0 cm³/mol. The molecule has 0 spiro atoms. The molecule has 104 valence electrons. The fourth-order valence-electron chi connectivity index (χ4n) is 2.00. The van der Waals surface area contributed by atoms with Crippen molar-refractivity contribution in [1.82, 2.24) is 9.88 Å². The van der Waals surface area contributed by atoms with Crippen molar-refractivity contribution in [3.63, 3.8) is 0 Å². The van der Waals surface area contributed by atoms with Crippen LogP contribution in [0.25, 0.3) is 10.6 Å². The molecule has 1 N–H and O–H groups in total. The van der Waals surface area contributed by atoms with Crippen molar-refractivity contribution in [2.45, 2.75) is 0 Å². The molecule has 0 radical (unpaired) electrons. The molecule has 0 aromatic carbocycles. The van der Waals surface area contributed by atoms with Crippen molar-refractivity contribution < 1.29 is 9.53 Å². The lowest BCUT2D eigenvalue weighted by atomic mass is 10.3. The molecule has 0 atom stereocenters. The normalized spacial score (nSPS) is 15.1. The first-order chi connectivity index (χ1) is 9.83. The largest absolute Gasteiger partial charge is 0.378 e. The van der Waals surface area contributed by atoms with Gasteiger partial charge in [0, 0.05) is 19.3 Å². The molecule has 1 fully saturated rings. The number of anilines is 1. The summed E-state index contributed by atoms with van der Waals surface area (Å²) in [5.74, 6) is 0. The lowest BCUT2D eigenvalue weighted by molar-refractivity contribution is 0.0565. The SMILES string of the molecule is O=C(Nc1ccc(-c2ccccn2)s1)N1CCOCC1. The van der Waals surface area contributed by atoms with Crippen LogP contribution in [0.5, 0.6) is 0 Å². The number of hydrogen-bond acceptors (Lipinski definition) is 4. The Morgan fingerprint density at radius 1 is 1.25 bits per heavy atom. The average molecular weight is 289 g/mol. The second-order valence-corrected chi connectivity index (χ2v) is 5.49. The number of nitrogens with zero attached hydrogens (tertiary/aromatic N) is 2. The van der Waals surface area contributed by atoms with Gasteiger partial charge in [-0.25, -0.2) is 4.79 Å². The Balaban J connectivity index is 1.66. The molecule has 0 bridgehead atoms. The van der Waals surface area contributed by atoms with Gasteiger partial charge in [0.15, 0.2) is 0 Å². The maximum atomic E-state index is 12.1. The number of thiophene rings is 1. The smallest absolute Gasteiger partial charge is 0.322 e. The first-order valence-electron chi connectivity index (χ1n) is 6.48. The van der Waals surface area contributed by atoms with E-state index in [2.05, 4.69) is 10.3 Å². The van der Waals surface area contributed by atoms with Crippen LogP contribution in [0, 0.1) is 0 Å². The number of pyridine rings is 1. The number of carbonyl (C=O) groups is 1. The Kier molecular flexibility index (Phi) is 3.94. The molecule has 2 aromatic heterocycles. The molecule has 6 heteroatoms. The van der Waals surface area contributed by atoms with Crippen LogP contribution in [-0.4, -0.2) is 42.2 Å². The van der Waals surface area contributed by atoms with Crippen molar-refractivity contribution in [3.8, 4) is 10.6 Å². The van der Waals surface area contributed by atoms with Crippen molar-refractivity contribution >= 4 is 22.4 Å². The van der Waals surface area contributed by atoms with Crippen molar-refractivity contribution in [2.24, 2.45) is 0 Å². The van der Waals surface area contributed by atoms with Gasteiger partial charge >= 0.3 is 6.03 Å². The Morgan fingerprint density at radius 3 is 2.85 bits per heavy atom. The summed E-state index contributed by atoms with van der Waals surface area (Å²) in [6, 6.07) is 9.61. The third-order valence-corrected chi connectivity index (χ3v) is 4.07. The van der Waals surface area contributed by atoms with Crippen LogP contribution in [0.15, 0.2) is 36.5 Å². The first kappa shape index (κ1) is 13.1. The van der Waals surface area contributed by atoms with Gasteiger partial charge in [0.1, 0.15) is 0 Å². The number of ether oxygens (including phenoxy) is 1. The highest BCUT2D eigenvalue weighted by Crippen LogP contribution is 2.30. The highest BCUT2D eigenvalue weighted by atomic mass is 32.1. The summed E-state index contributed by atoms with van der Waals surface area (Å²) >= 11 is 1.53. The van der Waals surface area contributed by atoms with E-state index in [1.54, 1.807) is 11.1 Å². The summed E-state index contributed by atoms with van der Waals surface area (Å²) in [5, 5.41) is 3.76. The highest BCUT2D eigenvalue weighted by molar-refractivity contribution is 7.19. The summed E-state index contributed by atoms with van der Waals surface area (Å²) in [4.78, 5) is 19.2. The van der Waals surface area contributed by atoms with Gasteiger partial charge in [-0.05, 0) is 24.3 Å². The van der Waals surface area contributed by atoms with Gasteiger partial charge in [0.2, 0.25) is 0 Å². The van der Waals surface area contributed by atoms with E-state index < -0.39 is 0 Å². The number of morpholine rings is 1. The van der Waals surface area contributed by atoms with E-state index in [0.29, 0.717) is 26.3 Å². The van der Waals surface area contributed by atoms with Gasteiger partial charge in [-0.1, -0.05) is 6.07 Å². The minimum Gasteiger partial charge on any atom is -0.378 e. The van der Waals surface area contributed by atoms with Crippen LogP contribution in [0.3, 0.4) is 0 Å². The van der Waals surface area contributed by atoms with Crippen LogP contribution in [0.2, 0.25) is 0 Å². The number of rotatable bonds is 2. The number of aromatic nitrogens is 1. The summed E-state index contributed by atoms with van der Waals surface area (Å²) in [6.07, 6.45) is 1.76. The lowest BCUT2D eigenvalue weighted by Crippen LogP contribution is -2.42. The zero-order chi connectivity index (χ0) is 13.8.